The Kier molecular flexibility index (Phi) is 6.73. The smallest absolute Gasteiger partial charge is 0.224 e. The number of benzene rings is 1. The number of Topliss-reactive ketones (excluding diaryl/α,β-unsaturated/α-hetero) is 1. The number of ketones is 1. The Balaban J connectivity index is 2.61. The highest BCUT2D eigenvalue weighted by Gasteiger charge is 2.10. The maximum absolute atomic E-state index is 11.8. The van der Waals surface area contributed by atoms with Gasteiger partial charge in [-0.05, 0) is 44.5 Å². The van der Waals surface area contributed by atoms with Gasteiger partial charge in [0.15, 0.2) is 5.78 Å². The predicted octanol–water partition coefficient (Wildman–Crippen LogP) is 2.36. The Bertz CT molecular complexity index is 472. The molecule has 1 aromatic rings. The highest BCUT2D eigenvalue weighted by atomic mass is 16.5. The number of carbonyl (C=O) groups is 2. The SMILES string of the molecule is COc1ccc(NC(=O)CCCCCN)cc1C(C)=O. The van der Waals surface area contributed by atoms with Gasteiger partial charge in [-0.3, -0.25) is 9.59 Å². The van der Waals surface area contributed by atoms with E-state index in [2.05, 4.69) is 5.32 Å². The molecule has 0 unspecified atom stereocenters. The standard InChI is InChI=1S/C15H22N2O3/c1-11(18)13-10-12(7-8-14(13)20-2)17-15(19)6-4-3-5-9-16/h7-8,10H,3-6,9,16H2,1-2H3,(H,17,19). The Labute approximate surface area is 119 Å². The van der Waals surface area contributed by atoms with Gasteiger partial charge in [0.05, 0.1) is 12.7 Å². The molecular formula is C15H22N2O3. The van der Waals surface area contributed by atoms with Gasteiger partial charge in [-0.25, -0.2) is 0 Å². The van der Waals surface area contributed by atoms with Gasteiger partial charge in [0, 0.05) is 12.1 Å². The first-order chi connectivity index (χ1) is 9.58. The minimum Gasteiger partial charge on any atom is -0.496 e. The van der Waals surface area contributed by atoms with E-state index in [1.54, 1.807) is 18.2 Å². The third-order valence-electron chi connectivity index (χ3n) is 2.97. The molecule has 0 atom stereocenters. The van der Waals surface area contributed by atoms with Gasteiger partial charge in [0.2, 0.25) is 5.91 Å². The fourth-order valence-corrected chi connectivity index (χ4v) is 1.89. The van der Waals surface area contributed by atoms with Gasteiger partial charge >= 0.3 is 0 Å². The van der Waals surface area contributed by atoms with Crippen LogP contribution in [-0.4, -0.2) is 25.3 Å². The normalized spacial score (nSPS) is 10.2. The van der Waals surface area contributed by atoms with Gasteiger partial charge < -0.3 is 15.8 Å². The van der Waals surface area contributed by atoms with E-state index in [1.807, 2.05) is 0 Å². The quantitative estimate of drug-likeness (QED) is 0.565. The number of rotatable bonds is 8. The molecule has 0 aliphatic rings. The Morgan fingerprint density at radius 2 is 2.00 bits per heavy atom. The fourth-order valence-electron chi connectivity index (χ4n) is 1.89. The van der Waals surface area contributed by atoms with E-state index in [-0.39, 0.29) is 11.7 Å². The molecule has 0 radical (unpaired) electrons. The molecule has 1 rings (SSSR count). The number of hydrogen-bond donors (Lipinski definition) is 2. The first-order valence-corrected chi connectivity index (χ1v) is 6.77. The Hall–Kier alpha value is -1.88. The Morgan fingerprint density at radius 3 is 2.60 bits per heavy atom. The van der Waals surface area contributed by atoms with Crippen LogP contribution in [0.15, 0.2) is 18.2 Å². The monoisotopic (exact) mass is 278 g/mol. The second kappa shape index (κ2) is 8.32. The molecule has 110 valence electrons. The molecule has 0 saturated carbocycles. The molecule has 0 bridgehead atoms. The molecule has 0 aliphatic carbocycles. The molecule has 0 aliphatic heterocycles. The molecule has 0 saturated heterocycles. The van der Waals surface area contributed by atoms with Crippen molar-refractivity contribution in [3.05, 3.63) is 23.8 Å². The van der Waals surface area contributed by atoms with E-state index in [0.717, 1.165) is 19.3 Å². The lowest BCUT2D eigenvalue weighted by Crippen LogP contribution is -2.12. The van der Waals surface area contributed by atoms with Crippen molar-refractivity contribution in [1.82, 2.24) is 0 Å². The average Bonchev–Trinajstić information content (AvgIpc) is 2.43. The number of carbonyl (C=O) groups excluding carboxylic acids is 2. The maximum Gasteiger partial charge on any atom is 0.224 e. The van der Waals surface area contributed by atoms with Crippen LogP contribution in [0.5, 0.6) is 5.75 Å². The summed E-state index contributed by atoms with van der Waals surface area (Å²) in [6.07, 6.45) is 3.16. The van der Waals surface area contributed by atoms with Gasteiger partial charge in [-0.2, -0.15) is 0 Å². The number of anilines is 1. The van der Waals surface area contributed by atoms with E-state index >= 15 is 0 Å². The number of hydrogen-bond acceptors (Lipinski definition) is 4. The number of methoxy groups -OCH3 is 1. The van der Waals surface area contributed by atoms with Gasteiger partial charge in [0.1, 0.15) is 5.75 Å². The summed E-state index contributed by atoms with van der Waals surface area (Å²) < 4.78 is 5.11. The van der Waals surface area contributed by atoms with Crippen LogP contribution in [0.1, 0.15) is 43.0 Å². The van der Waals surface area contributed by atoms with E-state index in [0.29, 0.717) is 30.0 Å². The van der Waals surface area contributed by atoms with Crippen molar-refractivity contribution in [3.63, 3.8) is 0 Å². The summed E-state index contributed by atoms with van der Waals surface area (Å²) >= 11 is 0. The highest BCUT2D eigenvalue weighted by Crippen LogP contribution is 2.23. The van der Waals surface area contributed by atoms with Crippen molar-refractivity contribution in [2.24, 2.45) is 5.73 Å². The predicted molar refractivity (Wildman–Crippen MR) is 79.2 cm³/mol. The zero-order valence-electron chi connectivity index (χ0n) is 12.1. The first-order valence-electron chi connectivity index (χ1n) is 6.77. The topological polar surface area (TPSA) is 81.4 Å². The van der Waals surface area contributed by atoms with Crippen molar-refractivity contribution in [1.29, 1.82) is 0 Å². The molecular weight excluding hydrogens is 256 g/mol. The molecule has 1 aromatic carbocycles. The summed E-state index contributed by atoms with van der Waals surface area (Å²) in [5.41, 5.74) is 6.47. The zero-order valence-corrected chi connectivity index (χ0v) is 12.1. The van der Waals surface area contributed by atoms with Crippen molar-refractivity contribution in [3.8, 4) is 5.75 Å². The van der Waals surface area contributed by atoms with E-state index in [1.165, 1.54) is 14.0 Å². The van der Waals surface area contributed by atoms with Crippen LogP contribution in [0.2, 0.25) is 0 Å². The van der Waals surface area contributed by atoms with Crippen LogP contribution >= 0.6 is 0 Å². The average molecular weight is 278 g/mol. The van der Waals surface area contributed by atoms with E-state index < -0.39 is 0 Å². The second-order valence-corrected chi connectivity index (χ2v) is 4.62. The second-order valence-electron chi connectivity index (χ2n) is 4.62. The van der Waals surface area contributed by atoms with Crippen LogP contribution in [0, 0.1) is 0 Å². The van der Waals surface area contributed by atoms with Crippen molar-refractivity contribution in [2.45, 2.75) is 32.6 Å². The molecule has 0 aromatic heterocycles. The van der Waals surface area contributed by atoms with Crippen LogP contribution < -0.4 is 15.8 Å². The van der Waals surface area contributed by atoms with Crippen molar-refractivity contribution < 1.29 is 14.3 Å². The van der Waals surface area contributed by atoms with Gasteiger partial charge in [0.25, 0.3) is 0 Å². The molecule has 20 heavy (non-hydrogen) atoms. The zero-order chi connectivity index (χ0) is 15.0. The third-order valence-corrected chi connectivity index (χ3v) is 2.97. The minimum atomic E-state index is -0.0964. The third kappa shape index (κ3) is 5.01. The molecule has 0 fully saturated rings. The summed E-state index contributed by atoms with van der Waals surface area (Å²) in [5.74, 6) is 0.362. The summed E-state index contributed by atoms with van der Waals surface area (Å²) in [6.45, 7) is 2.12. The number of nitrogens with two attached hydrogens (primary N) is 1. The lowest BCUT2D eigenvalue weighted by Gasteiger charge is -2.10. The number of ether oxygens (including phenoxy) is 1. The van der Waals surface area contributed by atoms with Crippen LogP contribution in [0.25, 0.3) is 0 Å². The van der Waals surface area contributed by atoms with E-state index in [4.69, 9.17) is 10.5 Å². The van der Waals surface area contributed by atoms with Crippen molar-refractivity contribution >= 4 is 17.4 Å². The molecule has 1 amide bonds. The van der Waals surface area contributed by atoms with Gasteiger partial charge in [-0.15, -0.1) is 0 Å². The van der Waals surface area contributed by atoms with Crippen molar-refractivity contribution in [2.75, 3.05) is 19.0 Å². The lowest BCUT2D eigenvalue weighted by atomic mass is 10.1. The molecule has 3 N–H and O–H groups in total. The highest BCUT2D eigenvalue weighted by molar-refractivity contribution is 5.99. The Morgan fingerprint density at radius 1 is 1.25 bits per heavy atom. The maximum atomic E-state index is 11.8. The first kappa shape index (κ1) is 16.2. The van der Waals surface area contributed by atoms with Crippen LogP contribution in [0.4, 0.5) is 5.69 Å². The van der Waals surface area contributed by atoms with Gasteiger partial charge in [-0.1, -0.05) is 6.42 Å². The number of amides is 1. The minimum absolute atomic E-state index is 0.0540. The largest absolute Gasteiger partial charge is 0.496 e. The van der Waals surface area contributed by atoms with E-state index in [9.17, 15) is 9.59 Å². The molecule has 0 heterocycles. The fraction of sp³-hybridized carbons (Fsp3) is 0.467. The summed E-state index contributed by atoms with van der Waals surface area (Å²) in [7, 11) is 1.51. The van der Waals surface area contributed by atoms with Crippen LogP contribution in [-0.2, 0) is 4.79 Å². The summed E-state index contributed by atoms with van der Waals surface area (Å²) in [5, 5.41) is 2.79. The molecule has 5 heteroatoms. The molecule has 0 spiro atoms. The van der Waals surface area contributed by atoms with Crippen LogP contribution in [0.3, 0.4) is 0 Å². The number of nitrogens with one attached hydrogen (secondary N) is 1. The summed E-state index contributed by atoms with van der Waals surface area (Å²) in [6, 6.07) is 5.04. The number of unbranched alkanes of at least 4 members (excludes halogenated alkanes) is 2. The lowest BCUT2D eigenvalue weighted by molar-refractivity contribution is -0.116. The molecule has 5 nitrogen and oxygen atoms in total. The summed E-state index contributed by atoms with van der Waals surface area (Å²) in [4.78, 5) is 23.3.